The number of rotatable bonds is 2. The van der Waals surface area contributed by atoms with Crippen molar-refractivity contribution in [2.45, 2.75) is 13.0 Å². The molecule has 0 unspecified atom stereocenters. The van der Waals surface area contributed by atoms with Gasteiger partial charge in [-0.3, -0.25) is 0 Å². The molecule has 1 rings (SSSR count). The van der Waals surface area contributed by atoms with Gasteiger partial charge in [0.15, 0.2) is 0 Å². The Bertz CT molecular complexity index is 289. The molecule has 13 heavy (non-hydrogen) atoms. The fraction of sp³-hybridized carbons (Fsp3) is 0.333. The summed E-state index contributed by atoms with van der Waals surface area (Å²) in [6.07, 6.45) is 0. The van der Waals surface area contributed by atoms with Gasteiger partial charge in [-0.1, -0.05) is 0 Å². The van der Waals surface area contributed by atoms with Crippen LogP contribution in [0.15, 0.2) is 12.1 Å². The third-order valence-corrected chi connectivity index (χ3v) is 1.74. The molecule has 0 saturated heterocycles. The molecule has 0 saturated carbocycles. The molecule has 1 aromatic rings. The van der Waals surface area contributed by atoms with Gasteiger partial charge in [0.1, 0.15) is 17.4 Å². The number of halogens is 2. The molecule has 0 fully saturated rings. The van der Waals surface area contributed by atoms with Gasteiger partial charge in [-0.15, -0.1) is 0 Å². The molecule has 72 valence electrons. The van der Waals surface area contributed by atoms with Crippen LogP contribution in [0.25, 0.3) is 0 Å². The van der Waals surface area contributed by atoms with Crippen LogP contribution in [0.1, 0.15) is 18.5 Å². The highest BCUT2D eigenvalue weighted by molar-refractivity contribution is 5.31. The monoisotopic (exact) mass is 187 g/mol. The first-order valence-corrected chi connectivity index (χ1v) is 3.84. The minimum Gasteiger partial charge on any atom is -0.497 e. The van der Waals surface area contributed by atoms with Crippen molar-refractivity contribution in [2.24, 2.45) is 5.73 Å². The summed E-state index contributed by atoms with van der Waals surface area (Å²) >= 11 is 0. The van der Waals surface area contributed by atoms with Crippen molar-refractivity contribution < 1.29 is 13.5 Å². The molecule has 2 nitrogen and oxygen atoms in total. The maximum absolute atomic E-state index is 13.1. The highest BCUT2D eigenvalue weighted by Gasteiger charge is 2.14. The molecule has 0 aromatic heterocycles. The van der Waals surface area contributed by atoms with Gasteiger partial charge in [-0.25, -0.2) is 8.78 Å². The molecule has 0 aliphatic carbocycles. The van der Waals surface area contributed by atoms with Crippen molar-refractivity contribution in [1.29, 1.82) is 0 Å². The van der Waals surface area contributed by atoms with Gasteiger partial charge in [0.25, 0.3) is 0 Å². The van der Waals surface area contributed by atoms with Crippen LogP contribution in [0.2, 0.25) is 0 Å². The molecular formula is C9H11F2NO. The number of hydrogen-bond acceptors (Lipinski definition) is 2. The summed E-state index contributed by atoms with van der Waals surface area (Å²) in [5, 5.41) is 0. The summed E-state index contributed by atoms with van der Waals surface area (Å²) in [7, 11) is 1.35. The summed E-state index contributed by atoms with van der Waals surface area (Å²) < 4.78 is 31.0. The second kappa shape index (κ2) is 3.70. The smallest absolute Gasteiger partial charge is 0.134 e. The number of benzene rings is 1. The second-order valence-corrected chi connectivity index (χ2v) is 2.79. The van der Waals surface area contributed by atoms with Gasteiger partial charge >= 0.3 is 0 Å². The van der Waals surface area contributed by atoms with E-state index in [9.17, 15) is 8.78 Å². The lowest BCUT2D eigenvalue weighted by molar-refractivity contribution is 0.404. The van der Waals surface area contributed by atoms with E-state index in [4.69, 9.17) is 5.73 Å². The summed E-state index contributed by atoms with van der Waals surface area (Å²) in [5.41, 5.74) is 5.28. The molecule has 0 amide bonds. The molecular weight excluding hydrogens is 176 g/mol. The summed E-state index contributed by atoms with van der Waals surface area (Å²) in [5.74, 6) is -1.20. The Morgan fingerprint density at radius 3 is 2.08 bits per heavy atom. The molecule has 0 heterocycles. The zero-order chi connectivity index (χ0) is 10.0. The van der Waals surface area contributed by atoms with E-state index >= 15 is 0 Å². The minimum absolute atomic E-state index is 0.110. The Labute approximate surface area is 75.3 Å². The first kappa shape index (κ1) is 9.92. The average Bonchev–Trinajstić information content (AvgIpc) is 2.02. The van der Waals surface area contributed by atoms with E-state index < -0.39 is 17.7 Å². The van der Waals surface area contributed by atoms with Crippen molar-refractivity contribution in [2.75, 3.05) is 7.11 Å². The molecule has 1 atom stereocenters. The van der Waals surface area contributed by atoms with Gasteiger partial charge in [-0.2, -0.15) is 0 Å². The van der Waals surface area contributed by atoms with E-state index in [1.54, 1.807) is 0 Å². The molecule has 0 bridgehead atoms. The Kier molecular flexibility index (Phi) is 2.83. The molecule has 1 aromatic carbocycles. The van der Waals surface area contributed by atoms with Crippen molar-refractivity contribution in [3.05, 3.63) is 29.3 Å². The predicted molar refractivity (Wildman–Crippen MR) is 45.5 cm³/mol. The lowest BCUT2D eigenvalue weighted by Gasteiger charge is -2.09. The summed E-state index contributed by atoms with van der Waals surface area (Å²) in [6.45, 7) is 1.52. The Morgan fingerprint density at radius 1 is 1.31 bits per heavy atom. The van der Waals surface area contributed by atoms with E-state index in [-0.39, 0.29) is 11.3 Å². The fourth-order valence-electron chi connectivity index (χ4n) is 1.11. The van der Waals surface area contributed by atoms with Crippen LogP contribution in [-0.4, -0.2) is 7.11 Å². The van der Waals surface area contributed by atoms with Crippen molar-refractivity contribution in [3.8, 4) is 5.75 Å². The van der Waals surface area contributed by atoms with E-state index in [0.717, 1.165) is 12.1 Å². The van der Waals surface area contributed by atoms with E-state index in [1.165, 1.54) is 14.0 Å². The zero-order valence-electron chi connectivity index (χ0n) is 7.47. The third kappa shape index (κ3) is 1.95. The van der Waals surface area contributed by atoms with Gasteiger partial charge in [0, 0.05) is 23.7 Å². The number of methoxy groups -OCH3 is 1. The summed E-state index contributed by atoms with van der Waals surface area (Å²) in [4.78, 5) is 0. The van der Waals surface area contributed by atoms with Crippen molar-refractivity contribution in [3.63, 3.8) is 0 Å². The first-order chi connectivity index (χ1) is 6.06. The van der Waals surface area contributed by atoms with Crippen LogP contribution in [0, 0.1) is 11.6 Å². The quantitative estimate of drug-likeness (QED) is 0.768. The Balaban J connectivity index is 3.23. The van der Waals surface area contributed by atoms with Crippen LogP contribution < -0.4 is 10.5 Å². The molecule has 0 spiro atoms. The normalized spacial score (nSPS) is 12.7. The van der Waals surface area contributed by atoms with Crippen LogP contribution >= 0.6 is 0 Å². The molecule has 0 radical (unpaired) electrons. The van der Waals surface area contributed by atoms with Crippen LogP contribution in [-0.2, 0) is 0 Å². The molecule has 0 aliphatic rings. The van der Waals surface area contributed by atoms with Crippen LogP contribution in [0.5, 0.6) is 5.75 Å². The largest absolute Gasteiger partial charge is 0.497 e. The van der Waals surface area contributed by atoms with Crippen molar-refractivity contribution >= 4 is 0 Å². The zero-order valence-corrected chi connectivity index (χ0v) is 7.47. The Hall–Kier alpha value is -1.16. The topological polar surface area (TPSA) is 35.2 Å². The van der Waals surface area contributed by atoms with E-state index in [0.29, 0.717) is 0 Å². The van der Waals surface area contributed by atoms with E-state index in [1.807, 2.05) is 0 Å². The number of nitrogens with two attached hydrogens (primary N) is 1. The van der Waals surface area contributed by atoms with Crippen molar-refractivity contribution in [1.82, 2.24) is 0 Å². The number of hydrogen-bond donors (Lipinski definition) is 1. The molecule has 2 N–H and O–H groups in total. The predicted octanol–water partition coefficient (Wildman–Crippen LogP) is 1.99. The highest BCUT2D eigenvalue weighted by atomic mass is 19.1. The molecule has 4 heteroatoms. The standard InChI is InChI=1S/C9H11F2NO/c1-5(12)9-7(10)3-6(13-2)4-8(9)11/h3-5H,12H2,1-2H3/t5-/m1/s1. The highest BCUT2D eigenvalue weighted by Crippen LogP contribution is 2.23. The van der Waals surface area contributed by atoms with Crippen LogP contribution in [0.3, 0.4) is 0 Å². The first-order valence-electron chi connectivity index (χ1n) is 3.84. The fourth-order valence-corrected chi connectivity index (χ4v) is 1.11. The third-order valence-electron chi connectivity index (χ3n) is 1.74. The maximum atomic E-state index is 13.1. The van der Waals surface area contributed by atoms with Gasteiger partial charge in [-0.05, 0) is 6.92 Å². The molecule has 0 aliphatic heterocycles. The second-order valence-electron chi connectivity index (χ2n) is 2.79. The Morgan fingerprint density at radius 2 is 1.77 bits per heavy atom. The summed E-state index contributed by atoms with van der Waals surface area (Å²) in [6, 6.07) is 1.56. The SMILES string of the molecule is COc1cc(F)c([C@@H](C)N)c(F)c1. The van der Waals surface area contributed by atoms with Gasteiger partial charge < -0.3 is 10.5 Å². The lowest BCUT2D eigenvalue weighted by Crippen LogP contribution is -2.10. The van der Waals surface area contributed by atoms with Crippen LogP contribution in [0.4, 0.5) is 8.78 Å². The van der Waals surface area contributed by atoms with Gasteiger partial charge in [0.2, 0.25) is 0 Å². The average molecular weight is 187 g/mol. The minimum atomic E-state index is -0.674. The lowest BCUT2D eigenvalue weighted by atomic mass is 10.1. The van der Waals surface area contributed by atoms with E-state index in [2.05, 4.69) is 4.74 Å². The maximum Gasteiger partial charge on any atom is 0.134 e. The number of ether oxygens (including phenoxy) is 1. The van der Waals surface area contributed by atoms with Gasteiger partial charge in [0.05, 0.1) is 7.11 Å².